The van der Waals surface area contributed by atoms with Crippen molar-refractivity contribution in [3.63, 3.8) is 0 Å². The molecule has 9 heavy (non-hydrogen) atoms. The molecule has 1 radical (unpaired) electrons. The number of nitrogens with zero attached hydrogens (tertiary/aromatic N) is 2. The van der Waals surface area contributed by atoms with Crippen LogP contribution in [0, 0.1) is 6.92 Å². The Morgan fingerprint density at radius 1 is 1.22 bits per heavy atom. The Balaban J connectivity index is 3.17. The summed E-state index contributed by atoms with van der Waals surface area (Å²) in [6.07, 6.45) is 0. The molecule has 0 aliphatic rings. The molecule has 0 aromatic carbocycles. The third-order valence-electron chi connectivity index (χ3n) is 0.710. The van der Waals surface area contributed by atoms with Crippen LogP contribution in [0.1, 0.15) is 5.82 Å². The maximum atomic E-state index is 5.47. The standard InChI is InChI=1S/C5H3Cl2N2/c1-3-8-4(6)2-5(7)9-3/h2H,1H2. The lowest BCUT2D eigenvalue weighted by molar-refractivity contribution is 1.11. The van der Waals surface area contributed by atoms with Crippen LogP contribution in [0.4, 0.5) is 0 Å². The molecule has 0 saturated heterocycles. The van der Waals surface area contributed by atoms with Gasteiger partial charge >= 0.3 is 0 Å². The molecule has 0 aliphatic carbocycles. The Morgan fingerprint density at radius 2 is 1.67 bits per heavy atom. The van der Waals surface area contributed by atoms with Crippen LogP contribution >= 0.6 is 23.2 Å². The molecule has 1 aromatic rings. The van der Waals surface area contributed by atoms with Crippen molar-refractivity contribution >= 4 is 23.2 Å². The Kier molecular flexibility index (Phi) is 1.88. The lowest BCUT2D eigenvalue weighted by Gasteiger charge is -1.91. The molecule has 1 rings (SSSR count). The van der Waals surface area contributed by atoms with E-state index in [4.69, 9.17) is 23.2 Å². The summed E-state index contributed by atoms with van der Waals surface area (Å²) in [5.74, 6) is 0.340. The van der Waals surface area contributed by atoms with Gasteiger partial charge in [-0.15, -0.1) is 0 Å². The fraction of sp³-hybridized carbons (Fsp3) is 0. The number of rotatable bonds is 0. The van der Waals surface area contributed by atoms with E-state index >= 15 is 0 Å². The highest BCUT2D eigenvalue weighted by molar-refractivity contribution is 6.33. The molecular weight excluding hydrogens is 159 g/mol. The first-order chi connectivity index (χ1) is 4.18. The van der Waals surface area contributed by atoms with Gasteiger partial charge in [-0.3, -0.25) is 0 Å². The number of aromatic nitrogens is 2. The van der Waals surface area contributed by atoms with E-state index in [1.807, 2.05) is 0 Å². The molecule has 0 aliphatic heterocycles. The van der Waals surface area contributed by atoms with Gasteiger partial charge in [-0.05, 0) is 0 Å². The minimum Gasteiger partial charge on any atom is -0.221 e. The Labute approximate surface area is 62.8 Å². The smallest absolute Gasteiger partial charge is 0.134 e. The molecule has 0 amide bonds. The SMILES string of the molecule is [CH2]c1nc(Cl)cc(Cl)n1. The van der Waals surface area contributed by atoms with Crippen LogP contribution in [0.3, 0.4) is 0 Å². The van der Waals surface area contributed by atoms with Crippen molar-refractivity contribution in [2.45, 2.75) is 0 Å². The van der Waals surface area contributed by atoms with Crippen LogP contribution in [0.15, 0.2) is 6.07 Å². The zero-order valence-electron chi connectivity index (χ0n) is 4.43. The van der Waals surface area contributed by atoms with Crippen molar-refractivity contribution in [1.29, 1.82) is 0 Å². The average Bonchev–Trinajstić information content (AvgIpc) is 1.59. The van der Waals surface area contributed by atoms with Crippen molar-refractivity contribution in [1.82, 2.24) is 9.97 Å². The predicted molar refractivity (Wildman–Crippen MR) is 36.5 cm³/mol. The van der Waals surface area contributed by atoms with E-state index in [9.17, 15) is 0 Å². The molecule has 0 N–H and O–H groups in total. The number of halogens is 2. The molecule has 47 valence electrons. The summed E-state index contributed by atoms with van der Waals surface area (Å²) in [6.45, 7) is 3.45. The van der Waals surface area contributed by atoms with E-state index in [0.717, 1.165) is 0 Å². The molecule has 0 spiro atoms. The van der Waals surface area contributed by atoms with Crippen molar-refractivity contribution in [3.8, 4) is 0 Å². The second-order valence-corrected chi connectivity index (χ2v) is 2.20. The topological polar surface area (TPSA) is 25.8 Å². The van der Waals surface area contributed by atoms with Gasteiger partial charge in [-0.2, -0.15) is 0 Å². The zero-order chi connectivity index (χ0) is 6.85. The molecular formula is C5H3Cl2N2. The molecule has 1 aromatic heterocycles. The van der Waals surface area contributed by atoms with E-state index in [0.29, 0.717) is 16.1 Å². The van der Waals surface area contributed by atoms with Crippen LogP contribution in [0.25, 0.3) is 0 Å². The van der Waals surface area contributed by atoms with Gasteiger partial charge in [-0.25, -0.2) is 9.97 Å². The van der Waals surface area contributed by atoms with Gasteiger partial charge < -0.3 is 0 Å². The monoisotopic (exact) mass is 161 g/mol. The number of hydrogen-bond acceptors (Lipinski definition) is 2. The van der Waals surface area contributed by atoms with Crippen LogP contribution in [-0.2, 0) is 0 Å². The van der Waals surface area contributed by atoms with Gasteiger partial charge in [-0.1, -0.05) is 23.2 Å². The molecule has 0 bridgehead atoms. The van der Waals surface area contributed by atoms with E-state index in [2.05, 4.69) is 16.9 Å². The highest BCUT2D eigenvalue weighted by Crippen LogP contribution is 2.10. The van der Waals surface area contributed by atoms with Gasteiger partial charge in [0.1, 0.15) is 16.1 Å². The minimum atomic E-state index is 0.319. The fourth-order valence-corrected chi connectivity index (χ4v) is 0.892. The molecule has 0 unspecified atom stereocenters. The van der Waals surface area contributed by atoms with E-state index in [-0.39, 0.29) is 0 Å². The summed E-state index contributed by atoms with van der Waals surface area (Å²) in [5, 5.41) is 0.639. The summed E-state index contributed by atoms with van der Waals surface area (Å²) >= 11 is 10.9. The third kappa shape index (κ3) is 1.80. The summed E-state index contributed by atoms with van der Waals surface area (Å²) in [5.41, 5.74) is 0. The molecule has 2 nitrogen and oxygen atoms in total. The van der Waals surface area contributed by atoms with E-state index in [1.54, 1.807) is 0 Å². The predicted octanol–water partition coefficient (Wildman–Crippen LogP) is 1.97. The summed E-state index contributed by atoms with van der Waals surface area (Å²) in [4.78, 5) is 7.39. The summed E-state index contributed by atoms with van der Waals surface area (Å²) < 4.78 is 0. The fourth-order valence-electron chi connectivity index (χ4n) is 0.434. The van der Waals surface area contributed by atoms with Crippen LogP contribution in [0.5, 0.6) is 0 Å². The number of hydrogen-bond donors (Lipinski definition) is 0. The molecule has 0 atom stereocenters. The lowest BCUT2D eigenvalue weighted by Crippen LogP contribution is -1.86. The van der Waals surface area contributed by atoms with Gasteiger partial charge in [0.25, 0.3) is 0 Å². The lowest BCUT2D eigenvalue weighted by atomic mass is 10.6. The van der Waals surface area contributed by atoms with Crippen molar-refractivity contribution < 1.29 is 0 Å². The Hall–Kier alpha value is -0.340. The zero-order valence-corrected chi connectivity index (χ0v) is 5.95. The van der Waals surface area contributed by atoms with Gasteiger partial charge in [0.2, 0.25) is 0 Å². The summed E-state index contributed by atoms with van der Waals surface area (Å²) in [6, 6.07) is 1.46. The Morgan fingerprint density at radius 3 is 2.00 bits per heavy atom. The minimum absolute atomic E-state index is 0.319. The largest absolute Gasteiger partial charge is 0.221 e. The quantitative estimate of drug-likeness (QED) is 0.545. The van der Waals surface area contributed by atoms with Crippen LogP contribution in [-0.4, -0.2) is 9.97 Å². The second kappa shape index (κ2) is 2.50. The second-order valence-electron chi connectivity index (χ2n) is 1.43. The first-order valence-electron chi connectivity index (χ1n) is 2.20. The molecule has 0 fully saturated rings. The van der Waals surface area contributed by atoms with Crippen molar-refractivity contribution in [2.75, 3.05) is 0 Å². The molecule has 1 heterocycles. The first-order valence-corrected chi connectivity index (χ1v) is 2.96. The van der Waals surface area contributed by atoms with Gasteiger partial charge in [0.15, 0.2) is 0 Å². The maximum Gasteiger partial charge on any atom is 0.134 e. The molecule has 0 saturated carbocycles. The van der Waals surface area contributed by atoms with Crippen LogP contribution in [0.2, 0.25) is 10.3 Å². The van der Waals surface area contributed by atoms with Crippen molar-refractivity contribution in [3.05, 3.63) is 29.1 Å². The average molecular weight is 162 g/mol. The van der Waals surface area contributed by atoms with E-state index in [1.165, 1.54) is 6.07 Å². The van der Waals surface area contributed by atoms with Gasteiger partial charge in [0.05, 0.1) is 0 Å². The Bertz CT molecular complexity index is 174. The summed E-state index contributed by atoms with van der Waals surface area (Å²) in [7, 11) is 0. The highest BCUT2D eigenvalue weighted by atomic mass is 35.5. The maximum absolute atomic E-state index is 5.47. The van der Waals surface area contributed by atoms with Gasteiger partial charge in [0, 0.05) is 13.0 Å². The third-order valence-corrected chi connectivity index (χ3v) is 1.10. The normalized spacial score (nSPS) is 9.67. The van der Waals surface area contributed by atoms with E-state index < -0.39 is 0 Å². The highest BCUT2D eigenvalue weighted by Gasteiger charge is 1.94. The van der Waals surface area contributed by atoms with Crippen LogP contribution < -0.4 is 0 Å². The molecule has 4 heteroatoms. The van der Waals surface area contributed by atoms with Crippen molar-refractivity contribution in [2.24, 2.45) is 0 Å². The first kappa shape index (κ1) is 6.78.